The number of halogens is 1. The van der Waals surface area contributed by atoms with Gasteiger partial charge in [-0.1, -0.05) is 18.2 Å². The first kappa shape index (κ1) is 18.8. The van der Waals surface area contributed by atoms with E-state index in [1.807, 2.05) is 17.5 Å². The number of thiophene rings is 1. The molecule has 0 saturated heterocycles. The van der Waals surface area contributed by atoms with E-state index in [1.54, 1.807) is 24.3 Å². The third kappa shape index (κ3) is 5.52. The predicted molar refractivity (Wildman–Crippen MR) is 98.7 cm³/mol. The van der Waals surface area contributed by atoms with E-state index in [-0.39, 0.29) is 18.8 Å². The molecule has 1 amide bonds. The zero-order valence-electron chi connectivity index (χ0n) is 14.4. The molecule has 1 aromatic carbocycles. The van der Waals surface area contributed by atoms with Gasteiger partial charge in [-0.15, -0.1) is 11.3 Å². The molecule has 0 saturated carbocycles. The number of esters is 1. The molecule has 3 aromatic rings. The van der Waals surface area contributed by atoms with Crippen LogP contribution in [0.15, 0.2) is 64.6 Å². The van der Waals surface area contributed by atoms with Crippen molar-refractivity contribution in [1.29, 1.82) is 0 Å². The maximum absolute atomic E-state index is 13.2. The Morgan fingerprint density at radius 1 is 1.15 bits per heavy atom. The number of hydrogen-bond donors (Lipinski definition) is 1. The van der Waals surface area contributed by atoms with E-state index in [2.05, 4.69) is 5.32 Å². The van der Waals surface area contributed by atoms with Crippen molar-refractivity contribution in [2.24, 2.45) is 0 Å². The number of benzene rings is 1. The Morgan fingerprint density at radius 3 is 2.63 bits per heavy atom. The number of hydrogen-bond acceptors (Lipinski definition) is 5. The van der Waals surface area contributed by atoms with Gasteiger partial charge in [-0.3, -0.25) is 9.59 Å². The van der Waals surface area contributed by atoms with Crippen LogP contribution in [-0.2, 0) is 20.7 Å². The monoisotopic (exact) mass is 387 g/mol. The molecule has 0 radical (unpaired) electrons. The molecule has 2 aromatic heterocycles. The summed E-state index contributed by atoms with van der Waals surface area (Å²) in [5, 5.41) is 4.73. The number of carbonyl (C=O) groups excluding carboxylic acids is 2. The van der Waals surface area contributed by atoms with E-state index < -0.39 is 17.9 Å². The molecule has 0 aliphatic rings. The molecular formula is C20H18FNO4S. The highest BCUT2D eigenvalue weighted by Crippen LogP contribution is 2.26. The molecule has 0 unspecified atom stereocenters. The second-order valence-corrected chi connectivity index (χ2v) is 6.79. The summed E-state index contributed by atoms with van der Waals surface area (Å²) in [5.74, 6) is -0.564. The molecule has 27 heavy (non-hydrogen) atoms. The molecule has 1 N–H and O–H groups in total. The molecule has 2 heterocycles. The van der Waals surface area contributed by atoms with E-state index >= 15 is 0 Å². The number of ether oxygens (including phenoxy) is 1. The number of rotatable bonds is 8. The summed E-state index contributed by atoms with van der Waals surface area (Å²) in [6.07, 6.45) is 2.09. The second-order valence-electron chi connectivity index (χ2n) is 5.81. The predicted octanol–water partition coefficient (Wildman–Crippen LogP) is 3.86. The zero-order valence-corrected chi connectivity index (χ0v) is 15.2. The Labute approximate surface area is 159 Å². The minimum atomic E-state index is -0.476. The van der Waals surface area contributed by atoms with E-state index in [0.717, 1.165) is 10.4 Å². The van der Waals surface area contributed by atoms with Gasteiger partial charge in [0.1, 0.15) is 11.6 Å². The molecule has 0 spiro atoms. The molecule has 0 aliphatic heterocycles. The molecule has 1 atom stereocenters. The van der Waals surface area contributed by atoms with Gasteiger partial charge in [-0.25, -0.2) is 4.39 Å². The lowest BCUT2D eigenvalue weighted by Crippen LogP contribution is -2.32. The maximum atomic E-state index is 13.2. The Bertz CT molecular complexity index is 860. The number of furan rings is 1. The van der Waals surface area contributed by atoms with Crippen LogP contribution in [0.1, 0.15) is 28.7 Å². The lowest BCUT2D eigenvalue weighted by Gasteiger charge is -2.18. The Morgan fingerprint density at radius 2 is 1.96 bits per heavy atom. The SMILES string of the molecule is O=C(COC(=O)CCc1ccco1)N[C@@H](c1ccc(F)cc1)c1cccs1. The first-order valence-corrected chi connectivity index (χ1v) is 9.26. The lowest BCUT2D eigenvalue weighted by atomic mass is 10.1. The average Bonchev–Trinajstić information content (AvgIpc) is 3.37. The number of carbonyl (C=O) groups is 2. The summed E-state index contributed by atoms with van der Waals surface area (Å²) in [4.78, 5) is 24.9. The van der Waals surface area contributed by atoms with Gasteiger partial charge >= 0.3 is 5.97 Å². The van der Waals surface area contributed by atoms with Crippen molar-refractivity contribution in [3.05, 3.63) is 82.2 Å². The second kappa shape index (κ2) is 9.14. The molecule has 5 nitrogen and oxygen atoms in total. The first-order valence-electron chi connectivity index (χ1n) is 8.38. The Hall–Kier alpha value is -2.93. The van der Waals surface area contributed by atoms with E-state index in [9.17, 15) is 14.0 Å². The van der Waals surface area contributed by atoms with Crippen molar-refractivity contribution in [2.75, 3.05) is 6.61 Å². The van der Waals surface area contributed by atoms with Crippen LogP contribution in [0.2, 0.25) is 0 Å². The van der Waals surface area contributed by atoms with Crippen LogP contribution in [0, 0.1) is 5.82 Å². The summed E-state index contributed by atoms with van der Waals surface area (Å²) >= 11 is 1.48. The fraction of sp³-hybridized carbons (Fsp3) is 0.200. The van der Waals surface area contributed by atoms with Gasteiger partial charge in [-0.2, -0.15) is 0 Å². The number of nitrogens with one attached hydrogen (secondary N) is 1. The minimum absolute atomic E-state index is 0.132. The molecule has 0 fully saturated rings. The third-order valence-corrected chi connectivity index (χ3v) is 4.79. The Kier molecular flexibility index (Phi) is 6.38. The summed E-state index contributed by atoms with van der Waals surface area (Å²) in [5.41, 5.74) is 0.747. The highest BCUT2D eigenvalue weighted by atomic mass is 32.1. The van der Waals surface area contributed by atoms with Gasteiger partial charge in [0, 0.05) is 11.3 Å². The van der Waals surface area contributed by atoms with E-state index in [4.69, 9.17) is 9.15 Å². The summed E-state index contributed by atoms with van der Waals surface area (Å²) < 4.78 is 23.4. The van der Waals surface area contributed by atoms with Crippen molar-refractivity contribution in [3.63, 3.8) is 0 Å². The topological polar surface area (TPSA) is 68.5 Å². The van der Waals surface area contributed by atoms with Gasteiger partial charge in [0.2, 0.25) is 0 Å². The number of amides is 1. The van der Waals surface area contributed by atoms with Crippen molar-refractivity contribution in [2.45, 2.75) is 18.9 Å². The molecule has 0 aliphatic carbocycles. The third-order valence-electron chi connectivity index (χ3n) is 3.86. The highest BCUT2D eigenvalue weighted by molar-refractivity contribution is 7.10. The van der Waals surface area contributed by atoms with Crippen LogP contribution < -0.4 is 5.32 Å². The van der Waals surface area contributed by atoms with Crippen molar-refractivity contribution < 1.29 is 23.1 Å². The standard InChI is InChI=1S/C20H18FNO4S/c21-15-7-5-14(6-8-15)20(17-4-2-12-27-17)22-18(23)13-26-19(24)10-9-16-3-1-11-25-16/h1-8,11-12,20H,9-10,13H2,(H,22,23)/t20-/m0/s1. The first-order chi connectivity index (χ1) is 13.1. The quantitative estimate of drug-likeness (QED) is 0.596. The van der Waals surface area contributed by atoms with Gasteiger partial charge in [-0.05, 0) is 41.3 Å². The normalized spacial score (nSPS) is 11.7. The van der Waals surface area contributed by atoms with Crippen LogP contribution in [0.3, 0.4) is 0 Å². The van der Waals surface area contributed by atoms with Gasteiger partial charge < -0.3 is 14.5 Å². The number of aryl methyl sites for hydroxylation is 1. The lowest BCUT2D eigenvalue weighted by molar-refractivity contribution is -0.148. The molecule has 7 heteroatoms. The van der Waals surface area contributed by atoms with Crippen LogP contribution in [0.5, 0.6) is 0 Å². The maximum Gasteiger partial charge on any atom is 0.306 e. The van der Waals surface area contributed by atoms with E-state index in [1.165, 1.54) is 29.7 Å². The van der Waals surface area contributed by atoms with Crippen molar-refractivity contribution in [3.8, 4) is 0 Å². The fourth-order valence-electron chi connectivity index (χ4n) is 2.53. The van der Waals surface area contributed by atoms with Gasteiger partial charge in [0.05, 0.1) is 18.7 Å². The van der Waals surface area contributed by atoms with Gasteiger partial charge in [0.15, 0.2) is 6.61 Å². The molecule has 140 valence electrons. The fourth-order valence-corrected chi connectivity index (χ4v) is 3.33. The molecule has 0 bridgehead atoms. The zero-order chi connectivity index (χ0) is 19.1. The van der Waals surface area contributed by atoms with Crippen molar-refractivity contribution in [1.82, 2.24) is 5.32 Å². The van der Waals surface area contributed by atoms with Crippen LogP contribution in [0.4, 0.5) is 4.39 Å². The summed E-state index contributed by atoms with van der Waals surface area (Å²) in [6.45, 7) is -0.375. The molecular weight excluding hydrogens is 369 g/mol. The van der Waals surface area contributed by atoms with Crippen LogP contribution >= 0.6 is 11.3 Å². The summed E-state index contributed by atoms with van der Waals surface area (Å²) in [7, 11) is 0. The molecule has 3 rings (SSSR count). The van der Waals surface area contributed by atoms with Crippen molar-refractivity contribution >= 4 is 23.2 Å². The highest BCUT2D eigenvalue weighted by Gasteiger charge is 2.19. The smallest absolute Gasteiger partial charge is 0.306 e. The summed E-state index contributed by atoms with van der Waals surface area (Å²) in [6, 6.07) is 12.8. The van der Waals surface area contributed by atoms with Crippen LogP contribution in [-0.4, -0.2) is 18.5 Å². The average molecular weight is 387 g/mol. The van der Waals surface area contributed by atoms with E-state index in [0.29, 0.717) is 12.2 Å². The van der Waals surface area contributed by atoms with Gasteiger partial charge in [0.25, 0.3) is 5.91 Å². The van der Waals surface area contributed by atoms with Crippen LogP contribution in [0.25, 0.3) is 0 Å². The Balaban J connectivity index is 1.54. The largest absolute Gasteiger partial charge is 0.469 e. The minimum Gasteiger partial charge on any atom is -0.469 e.